The van der Waals surface area contributed by atoms with Crippen molar-refractivity contribution in [1.29, 1.82) is 0 Å². The number of nitrogens with one attached hydrogen (secondary N) is 2. The maximum Gasteiger partial charge on any atom is 0.323 e. The van der Waals surface area contributed by atoms with Gasteiger partial charge >= 0.3 is 6.03 Å². The molecule has 0 bridgehead atoms. The summed E-state index contributed by atoms with van der Waals surface area (Å²) < 4.78 is 5.15. The number of halogens is 2. The Morgan fingerprint density at radius 1 is 1.10 bits per heavy atom. The van der Waals surface area contributed by atoms with Crippen LogP contribution >= 0.6 is 23.2 Å². The van der Waals surface area contributed by atoms with Crippen molar-refractivity contribution in [3.05, 3.63) is 46.4 Å². The second-order valence-corrected chi connectivity index (χ2v) is 4.98. The molecule has 7 heteroatoms. The van der Waals surface area contributed by atoms with Crippen molar-refractivity contribution in [2.24, 2.45) is 0 Å². The Morgan fingerprint density at radius 2 is 1.86 bits per heavy atom. The van der Waals surface area contributed by atoms with Crippen molar-refractivity contribution in [2.75, 3.05) is 23.5 Å². The number of hydrogen-bond acceptors (Lipinski definition) is 3. The van der Waals surface area contributed by atoms with Gasteiger partial charge in [-0.05, 0) is 30.3 Å². The van der Waals surface area contributed by atoms with Crippen molar-refractivity contribution in [3.8, 4) is 5.75 Å². The Bertz CT molecular complexity index is 677. The van der Waals surface area contributed by atoms with Crippen LogP contribution in [0.2, 0.25) is 10.0 Å². The number of amides is 2. The van der Waals surface area contributed by atoms with Crippen molar-refractivity contribution >= 4 is 46.3 Å². The number of hydrogen-bond donors (Lipinski definition) is 3. The minimum Gasteiger partial charge on any atom is -0.494 e. The second kappa shape index (κ2) is 6.56. The second-order valence-electron chi connectivity index (χ2n) is 4.17. The summed E-state index contributed by atoms with van der Waals surface area (Å²) in [5.41, 5.74) is 7.22. The quantitative estimate of drug-likeness (QED) is 0.739. The number of urea groups is 1. The van der Waals surface area contributed by atoms with Gasteiger partial charge in [-0.25, -0.2) is 4.79 Å². The zero-order valence-electron chi connectivity index (χ0n) is 11.1. The van der Waals surface area contributed by atoms with Gasteiger partial charge < -0.3 is 21.1 Å². The van der Waals surface area contributed by atoms with E-state index in [1.165, 1.54) is 7.11 Å². The summed E-state index contributed by atoms with van der Waals surface area (Å²) >= 11 is 11.7. The maximum atomic E-state index is 11.9. The first-order valence-corrected chi connectivity index (χ1v) is 6.72. The van der Waals surface area contributed by atoms with Crippen LogP contribution in [0.5, 0.6) is 5.75 Å². The highest BCUT2D eigenvalue weighted by molar-refractivity contribution is 6.42. The van der Waals surface area contributed by atoms with Crippen LogP contribution in [0.3, 0.4) is 0 Å². The zero-order valence-corrected chi connectivity index (χ0v) is 12.6. The molecular weight excluding hydrogens is 313 g/mol. The fourth-order valence-electron chi connectivity index (χ4n) is 1.67. The van der Waals surface area contributed by atoms with Gasteiger partial charge in [0.15, 0.2) is 0 Å². The molecule has 2 amide bonds. The van der Waals surface area contributed by atoms with E-state index in [-0.39, 0.29) is 0 Å². The number of nitrogen functional groups attached to an aromatic ring is 1. The van der Waals surface area contributed by atoms with Crippen LogP contribution in [0.15, 0.2) is 36.4 Å². The SMILES string of the molecule is COc1cc(N)ccc1NC(=O)Nc1ccc(Cl)c(Cl)c1. The predicted octanol–water partition coefficient (Wildman–Crippen LogP) is 4.23. The molecule has 0 aliphatic rings. The third-order valence-corrected chi connectivity index (χ3v) is 3.39. The summed E-state index contributed by atoms with van der Waals surface area (Å²) in [4.78, 5) is 11.9. The Balaban J connectivity index is 2.09. The first kappa shape index (κ1) is 15.3. The zero-order chi connectivity index (χ0) is 15.4. The van der Waals surface area contributed by atoms with Crippen LogP contribution in [-0.4, -0.2) is 13.1 Å². The number of nitrogens with two attached hydrogens (primary N) is 1. The first-order chi connectivity index (χ1) is 9.99. The number of methoxy groups -OCH3 is 1. The van der Waals surface area contributed by atoms with E-state index in [9.17, 15) is 4.79 Å². The molecule has 2 rings (SSSR count). The number of carbonyl (C=O) groups is 1. The number of carbonyl (C=O) groups excluding carboxylic acids is 1. The van der Waals surface area contributed by atoms with Crippen LogP contribution in [0.4, 0.5) is 21.9 Å². The van der Waals surface area contributed by atoms with Gasteiger partial charge in [0, 0.05) is 17.4 Å². The minimum absolute atomic E-state index is 0.361. The van der Waals surface area contributed by atoms with Gasteiger partial charge in [-0.2, -0.15) is 0 Å². The van der Waals surface area contributed by atoms with Gasteiger partial charge in [-0.1, -0.05) is 23.2 Å². The largest absolute Gasteiger partial charge is 0.494 e. The highest BCUT2D eigenvalue weighted by Gasteiger charge is 2.09. The number of rotatable bonds is 3. The van der Waals surface area contributed by atoms with Crippen molar-refractivity contribution < 1.29 is 9.53 Å². The fourth-order valence-corrected chi connectivity index (χ4v) is 1.97. The molecule has 2 aromatic carbocycles. The molecule has 0 radical (unpaired) electrons. The van der Waals surface area contributed by atoms with Gasteiger partial charge in [0.25, 0.3) is 0 Å². The number of anilines is 3. The summed E-state index contributed by atoms with van der Waals surface area (Å²) in [5, 5.41) is 6.09. The van der Waals surface area contributed by atoms with Crippen molar-refractivity contribution in [3.63, 3.8) is 0 Å². The molecule has 110 valence electrons. The predicted molar refractivity (Wildman–Crippen MR) is 86.5 cm³/mol. The van der Waals surface area contributed by atoms with Crippen LogP contribution in [0, 0.1) is 0 Å². The van der Waals surface area contributed by atoms with Crippen molar-refractivity contribution in [2.45, 2.75) is 0 Å². The molecule has 0 saturated carbocycles. The smallest absolute Gasteiger partial charge is 0.323 e. The van der Waals surface area contributed by atoms with Crippen LogP contribution in [0.25, 0.3) is 0 Å². The highest BCUT2D eigenvalue weighted by Crippen LogP contribution is 2.27. The lowest BCUT2D eigenvalue weighted by Gasteiger charge is -2.12. The Hall–Kier alpha value is -2.11. The lowest BCUT2D eigenvalue weighted by Crippen LogP contribution is -2.19. The molecule has 0 saturated heterocycles. The highest BCUT2D eigenvalue weighted by atomic mass is 35.5. The molecule has 0 aromatic heterocycles. The molecule has 0 aliphatic carbocycles. The van der Waals surface area contributed by atoms with Crippen LogP contribution in [-0.2, 0) is 0 Å². The summed E-state index contributed by atoms with van der Waals surface area (Å²) in [6.45, 7) is 0. The van der Waals surface area contributed by atoms with E-state index >= 15 is 0 Å². The van der Waals surface area contributed by atoms with Gasteiger partial charge in [0.1, 0.15) is 5.75 Å². The topological polar surface area (TPSA) is 76.4 Å². The van der Waals surface area contributed by atoms with Gasteiger partial charge in [-0.15, -0.1) is 0 Å². The Labute approximate surface area is 132 Å². The summed E-state index contributed by atoms with van der Waals surface area (Å²) in [6.07, 6.45) is 0. The Morgan fingerprint density at radius 3 is 2.52 bits per heavy atom. The molecule has 0 fully saturated rings. The van der Waals surface area contributed by atoms with Crippen LogP contribution < -0.4 is 21.1 Å². The lowest BCUT2D eigenvalue weighted by molar-refractivity contribution is 0.262. The normalized spacial score (nSPS) is 10.0. The van der Waals surface area contributed by atoms with E-state index in [4.69, 9.17) is 33.7 Å². The van der Waals surface area contributed by atoms with E-state index in [2.05, 4.69) is 10.6 Å². The fraction of sp³-hybridized carbons (Fsp3) is 0.0714. The average molecular weight is 326 g/mol. The third-order valence-electron chi connectivity index (χ3n) is 2.65. The van der Waals surface area contributed by atoms with Gasteiger partial charge in [0.05, 0.1) is 22.8 Å². The first-order valence-electron chi connectivity index (χ1n) is 5.96. The molecule has 5 nitrogen and oxygen atoms in total. The average Bonchev–Trinajstić information content (AvgIpc) is 2.44. The number of benzene rings is 2. The van der Waals surface area contributed by atoms with Crippen LogP contribution in [0.1, 0.15) is 0 Å². The standard InChI is InChI=1S/C14H13Cl2N3O2/c1-21-13-6-8(17)2-5-12(13)19-14(20)18-9-3-4-10(15)11(16)7-9/h2-7H,17H2,1H3,(H2,18,19,20). The summed E-state index contributed by atoms with van der Waals surface area (Å²) in [5.74, 6) is 0.472. The molecule has 2 aromatic rings. The Kier molecular flexibility index (Phi) is 4.77. The monoisotopic (exact) mass is 325 g/mol. The third kappa shape index (κ3) is 3.93. The van der Waals surface area contributed by atoms with E-state index < -0.39 is 6.03 Å². The van der Waals surface area contributed by atoms with E-state index in [1.54, 1.807) is 36.4 Å². The molecule has 0 spiro atoms. The molecule has 0 heterocycles. The summed E-state index contributed by atoms with van der Waals surface area (Å²) in [7, 11) is 1.50. The summed E-state index contributed by atoms with van der Waals surface area (Å²) in [6, 6.07) is 9.31. The van der Waals surface area contributed by atoms with E-state index in [0.29, 0.717) is 32.9 Å². The molecular formula is C14H13Cl2N3O2. The number of ether oxygens (including phenoxy) is 1. The van der Waals surface area contributed by atoms with E-state index in [0.717, 1.165) is 0 Å². The molecule has 0 atom stereocenters. The molecule has 0 aliphatic heterocycles. The molecule has 0 unspecified atom stereocenters. The maximum absolute atomic E-state index is 11.9. The van der Waals surface area contributed by atoms with Gasteiger partial charge in [-0.3, -0.25) is 0 Å². The van der Waals surface area contributed by atoms with Gasteiger partial charge in [0.2, 0.25) is 0 Å². The minimum atomic E-state index is -0.434. The lowest BCUT2D eigenvalue weighted by atomic mass is 10.2. The van der Waals surface area contributed by atoms with E-state index in [1.807, 2.05) is 0 Å². The van der Waals surface area contributed by atoms with Crippen molar-refractivity contribution in [1.82, 2.24) is 0 Å². The molecule has 21 heavy (non-hydrogen) atoms. The molecule has 4 N–H and O–H groups in total.